The van der Waals surface area contributed by atoms with Crippen LogP contribution in [0.2, 0.25) is 15.1 Å². The summed E-state index contributed by atoms with van der Waals surface area (Å²) < 4.78 is 7.94. The van der Waals surface area contributed by atoms with Gasteiger partial charge in [0.15, 0.2) is 5.75 Å². The maximum absolute atomic E-state index is 13.1. The van der Waals surface area contributed by atoms with Gasteiger partial charge in [-0.15, -0.1) is 0 Å². The summed E-state index contributed by atoms with van der Waals surface area (Å²) in [4.78, 5) is 17.8. The summed E-state index contributed by atoms with van der Waals surface area (Å²) in [6.45, 7) is 2.31. The minimum absolute atomic E-state index is 0.244. The van der Waals surface area contributed by atoms with E-state index in [0.717, 1.165) is 16.5 Å². The Morgan fingerprint density at radius 2 is 1.76 bits per heavy atom. The van der Waals surface area contributed by atoms with E-state index in [0.29, 0.717) is 49.5 Å². The summed E-state index contributed by atoms with van der Waals surface area (Å²) in [6, 6.07) is 16.1. The fourth-order valence-electron chi connectivity index (χ4n) is 3.35. The van der Waals surface area contributed by atoms with Crippen molar-refractivity contribution in [3.63, 3.8) is 0 Å². The molecular weight excluding hydrogens is 561 g/mol. The number of benzene rings is 3. The van der Waals surface area contributed by atoms with Gasteiger partial charge in [0, 0.05) is 15.9 Å². The molecule has 0 saturated carbocycles. The van der Waals surface area contributed by atoms with Crippen molar-refractivity contribution in [2.24, 2.45) is 5.10 Å². The van der Waals surface area contributed by atoms with E-state index in [-0.39, 0.29) is 12.2 Å². The molecule has 4 rings (SSSR count). The van der Waals surface area contributed by atoms with Gasteiger partial charge in [-0.3, -0.25) is 4.79 Å². The van der Waals surface area contributed by atoms with Crippen LogP contribution in [0.4, 0.5) is 0 Å². The van der Waals surface area contributed by atoms with Gasteiger partial charge in [0.25, 0.3) is 5.56 Å². The van der Waals surface area contributed by atoms with Gasteiger partial charge in [-0.2, -0.15) is 9.78 Å². The van der Waals surface area contributed by atoms with Crippen LogP contribution in [0, 0.1) is 0 Å². The molecule has 1 heterocycles. The number of aryl methyl sites for hydroxylation is 1. The first-order chi connectivity index (χ1) is 16.4. The SMILES string of the molecule is CCCc1nc2ccc(Br)cc2c(=O)n1N=Cc1cc(Cl)c(OCc2ccc(Cl)cc2)c(Cl)c1. The molecular formula is C25H19BrCl3N3O2. The highest BCUT2D eigenvalue weighted by Gasteiger charge is 2.12. The first-order valence-electron chi connectivity index (χ1n) is 10.5. The van der Waals surface area contributed by atoms with Gasteiger partial charge >= 0.3 is 0 Å². The Morgan fingerprint density at radius 1 is 1.06 bits per heavy atom. The third-order valence-corrected chi connectivity index (χ3v) is 6.30. The molecule has 34 heavy (non-hydrogen) atoms. The topological polar surface area (TPSA) is 56.5 Å². The van der Waals surface area contributed by atoms with E-state index in [1.807, 2.05) is 31.2 Å². The molecule has 0 N–H and O–H groups in total. The molecule has 174 valence electrons. The molecule has 0 amide bonds. The molecule has 0 saturated heterocycles. The lowest BCUT2D eigenvalue weighted by Crippen LogP contribution is -2.22. The Labute approximate surface area is 220 Å². The third-order valence-electron chi connectivity index (χ3n) is 4.99. The Balaban J connectivity index is 1.63. The number of aromatic nitrogens is 2. The van der Waals surface area contributed by atoms with Crippen molar-refractivity contribution >= 4 is 67.9 Å². The monoisotopic (exact) mass is 577 g/mol. The van der Waals surface area contributed by atoms with Crippen molar-refractivity contribution in [3.8, 4) is 5.75 Å². The standard InChI is InChI=1S/C25H19BrCl3N3O2/c1-2-3-23-31-22-9-6-17(26)12-19(22)25(33)32(23)30-13-16-10-20(28)24(21(29)11-16)34-14-15-4-7-18(27)8-5-15/h4-13H,2-3,14H2,1H3. The largest absolute Gasteiger partial charge is 0.486 e. The predicted molar refractivity (Wildman–Crippen MR) is 143 cm³/mol. The lowest BCUT2D eigenvalue weighted by Gasteiger charge is -2.11. The molecule has 9 heteroatoms. The fourth-order valence-corrected chi connectivity index (χ4v) is 4.45. The van der Waals surface area contributed by atoms with Crippen molar-refractivity contribution in [2.75, 3.05) is 0 Å². The average molecular weight is 580 g/mol. The number of rotatable bonds is 7. The van der Waals surface area contributed by atoms with Crippen LogP contribution in [0.3, 0.4) is 0 Å². The highest BCUT2D eigenvalue weighted by molar-refractivity contribution is 9.10. The normalized spacial score (nSPS) is 11.4. The molecule has 0 aliphatic rings. The molecule has 3 aromatic carbocycles. The number of fused-ring (bicyclic) bond motifs is 1. The van der Waals surface area contributed by atoms with Crippen LogP contribution in [0.1, 0.15) is 30.3 Å². The third kappa shape index (κ3) is 5.63. The Morgan fingerprint density at radius 3 is 2.44 bits per heavy atom. The zero-order valence-corrected chi connectivity index (χ0v) is 21.9. The van der Waals surface area contributed by atoms with Crippen LogP contribution in [0.15, 0.2) is 69.0 Å². The van der Waals surface area contributed by atoms with Gasteiger partial charge < -0.3 is 4.74 Å². The first-order valence-corrected chi connectivity index (χ1v) is 12.4. The zero-order chi connectivity index (χ0) is 24.2. The van der Waals surface area contributed by atoms with E-state index < -0.39 is 0 Å². The Kier molecular flexibility index (Phi) is 7.94. The van der Waals surface area contributed by atoms with Crippen LogP contribution in [0.25, 0.3) is 10.9 Å². The van der Waals surface area contributed by atoms with Crippen molar-refractivity contribution < 1.29 is 4.74 Å². The summed E-state index contributed by atoms with van der Waals surface area (Å²) in [7, 11) is 0. The van der Waals surface area contributed by atoms with Crippen LogP contribution in [0.5, 0.6) is 5.75 Å². The second-order valence-corrected chi connectivity index (χ2v) is 9.70. The first kappa shape index (κ1) is 24.7. The van der Waals surface area contributed by atoms with Gasteiger partial charge in [0.2, 0.25) is 0 Å². The Bertz CT molecular complexity index is 1410. The quantitative estimate of drug-likeness (QED) is 0.213. The van der Waals surface area contributed by atoms with Gasteiger partial charge in [-0.05, 0) is 60.0 Å². The van der Waals surface area contributed by atoms with E-state index in [1.54, 1.807) is 30.3 Å². The molecule has 5 nitrogen and oxygen atoms in total. The lowest BCUT2D eigenvalue weighted by molar-refractivity contribution is 0.306. The maximum Gasteiger partial charge on any atom is 0.282 e. The second-order valence-electron chi connectivity index (χ2n) is 7.53. The summed E-state index contributed by atoms with van der Waals surface area (Å²) in [5.41, 5.74) is 1.94. The van der Waals surface area contributed by atoms with Crippen molar-refractivity contribution in [3.05, 3.63) is 101 Å². The molecule has 0 unspecified atom stereocenters. The highest BCUT2D eigenvalue weighted by Crippen LogP contribution is 2.34. The van der Waals surface area contributed by atoms with Crippen molar-refractivity contribution in [1.82, 2.24) is 9.66 Å². The number of hydrogen-bond donors (Lipinski definition) is 0. The zero-order valence-electron chi connectivity index (χ0n) is 18.1. The van der Waals surface area contributed by atoms with Gasteiger partial charge in [-0.25, -0.2) is 4.98 Å². The summed E-state index contributed by atoms with van der Waals surface area (Å²) in [5, 5.41) is 6.23. The molecule has 0 fully saturated rings. The second kappa shape index (κ2) is 10.9. The van der Waals surface area contributed by atoms with Gasteiger partial charge in [0.05, 0.1) is 27.2 Å². The summed E-state index contributed by atoms with van der Waals surface area (Å²) in [6.07, 6.45) is 2.96. The van der Waals surface area contributed by atoms with E-state index in [4.69, 9.17) is 39.5 Å². The minimum Gasteiger partial charge on any atom is -0.486 e. The highest BCUT2D eigenvalue weighted by atomic mass is 79.9. The van der Waals surface area contributed by atoms with Gasteiger partial charge in [-0.1, -0.05) is 69.8 Å². The Hall–Kier alpha value is -2.38. The maximum atomic E-state index is 13.1. The van der Waals surface area contributed by atoms with Crippen LogP contribution in [-0.2, 0) is 13.0 Å². The van der Waals surface area contributed by atoms with E-state index in [2.05, 4.69) is 26.0 Å². The minimum atomic E-state index is -0.244. The molecule has 1 aromatic heterocycles. The molecule has 0 bridgehead atoms. The van der Waals surface area contributed by atoms with E-state index in [1.165, 1.54) is 10.9 Å². The van der Waals surface area contributed by atoms with Crippen LogP contribution >= 0.6 is 50.7 Å². The van der Waals surface area contributed by atoms with Crippen LogP contribution < -0.4 is 10.3 Å². The number of nitrogens with zero attached hydrogens (tertiary/aromatic N) is 3. The predicted octanol–water partition coefficient (Wildman–Crippen LogP) is 7.53. The van der Waals surface area contributed by atoms with Gasteiger partial charge in [0.1, 0.15) is 12.4 Å². The van der Waals surface area contributed by atoms with Crippen LogP contribution in [-0.4, -0.2) is 15.9 Å². The molecule has 0 spiro atoms. The fraction of sp³-hybridized carbons (Fsp3) is 0.160. The molecule has 0 atom stereocenters. The van der Waals surface area contributed by atoms with Crippen molar-refractivity contribution in [2.45, 2.75) is 26.4 Å². The summed E-state index contributed by atoms with van der Waals surface area (Å²) >= 11 is 22.2. The number of ether oxygens (including phenoxy) is 1. The number of hydrogen-bond acceptors (Lipinski definition) is 4. The smallest absolute Gasteiger partial charge is 0.282 e. The average Bonchev–Trinajstić information content (AvgIpc) is 2.80. The molecule has 0 radical (unpaired) electrons. The molecule has 0 aliphatic heterocycles. The van der Waals surface area contributed by atoms with Crippen molar-refractivity contribution in [1.29, 1.82) is 0 Å². The lowest BCUT2D eigenvalue weighted by atomic mass is 10.2. The summed E-state index contributed by atoms with van der Waals surface area (Å²) in [5.74, 6) is 0.954. The van der Waals surface area contributed by atoms with E-state index in [9.17, 15) is 4.79 Å². The molecule has 0 aliphatic carbocycles. The van der Waals surface area contributed by atoms with E-state index >= 15 is 0 Å². The number of halogens is 4. The molecule has 4 aromatic rings.